The van der Waals surface area contributed by atoms with Crippen molar-refractivity contribution in [3.05, 3.63) is 0 Å². The van der Waals surface area contributed by atoms with Gasteiger partial charge in [-0.3, -0.25) is 4.79 Å². The maximum absolute atomic E-state index is 11.8. The number of hydrogen-bond donors (Lipinski definition) is 3. The fourth-order valence-electron chi connectivity index (χ4n) is 1.75. The van der Waals surface area contributed by atoms with Gasteiger partial charge in [0.15, 0.2) is 6.04 Å². The molecule has 104 valence electrons. The number of amides is 1. The molecule has 0 spiro atoms. The quantitative estimate of drug-likeness (QED) is 0.463. The molecule has 18 heavy (non-hydrogen) atoms. The summed E-state index contributed by atoms with van der Waals surface area (Å²) >= 11 is 0. The molecule has 0 bridgehead atoms. The molecule has 3 atom stereocenters. The first-order valence-corrected chi connectivity index (χ1v) is 6.20. The first-order chi connectivity index (χ1) is 8.20. The molecule has 1 rings (SSSR count). The number of ether oxygens (including phenoxy) is 1. The summed E-state index contributed by atoms with van der Waals surface area (Å²) in [5, 5.41) is 5.93. The van der Waals surface area contributed by atoms with Gasteiger partial charge in [-0.25, -0.2) is 4.79 Å². The highest BCUT2D eigenvalue weighted by atomic mass is 16.6. The van der Waals surface area contributed by atoms with Crippen LogP contribution in [0.2, 0.25) is 0 Å². The minimum atomic E-state index is -1.27. The lowest BCUT2D eigenvalue weighted by Crippen LogP contribution is -2.52. The fourth-order valence-corrected chi connectivity index (χ4v) is 1.75. The number of nitrogens with one attached hydrogen (secondary N) is 2. The molecule has 1 fully saturated rings. The topological polar surface area (TPSA) is 93.5 Å². The van der Waals surface area contributed by atoms with Crippen molar-refractivity contribution in [2.75, 3.05) is 13.1 Å². The van der Waals surface area contributed by atoms with E-state index in [9.17, 15) is 9.59 Å². The van der Waals surface area contributed by atoms with Gasteiger partial charge in [-0.2, -0.15) is 0 Å². The van der Waals surface area contributed by atoms with E-state index in [1.54, 1.807) is 20.8 Å². The predicted molar refractivity (Wildman–Crippen MR) is 67.8 cm³/mol. The summed E-state index contributed by atoms with van der Waals surface area (Å²) in [5.41, 5.74) is 4.94. The molecular weight excluding hydrogens is 234 g/mol. The molecule has 0 aliphatic carbocycles. The molecule has 0 aromatic rings. The summed E-state index contributed by atoms with van der Waals surface area (Å²) in [4.78, 5) is 23.4. The monoisotopic (exact) mass is 257 g/mol. The number of rotatable bonds is 3. The van der Waals surface area contributed by atoms with Crippen LogP contribution >= 0.6 is 0 Å². The highest BCUT2D eigenvalue weighted by Gasteiger charge is 2.31. The Kier molecular flexibility index (Phi) is 4.70. The molecule has 6 nitrogen and oxygen atoms in total. The Balaban J connectivity index is 2.48. The number of nitrogens with two attached hydrogens (primary N) is 1. The second kappa shape index (κ2) is 5.67. The Morgan fingerprint density at radius 2 is 2.00 bits per heavy atom. The summed E-state index contributed by atoms with van der Waals surface area (Å²) in [5.74, 6) is -0.844. The molecule has 1 heterocycles. The van der Waals surface area contributed by atoms with Crippen molar-refractivity contribution in [1.82, 2.24) is 10.6 Å². The number of esters is 1. The van der Waals surface area contributed by atoms with Gasteiger partial charge in [-0.1, -0.05) is 6.92 Å². The van der Waals surface area contributed by atoms with Gasteiger partial charge < -0.3 is 21.1 Å². The van der Waals surface area contributed by atoms with Crippen molar-refractivity contribution in [2.45, 2.75) is 45.4 Å². The minimum absolute atomic E-state index is 0.0194. The van der Waals surface area contributed by atoms with Crippen molar-refractivity contribution >= 4 is 11.9 Å². The molecule has 0 aromatic heterocycles. The third-order valence-electron chi connectivity index (χ3n) is 2.79. The van der Waals surface area contributed by atoms with E-state index < -0.39 is 23.5 Å². The highest BCUT2D eigenvalue weighted by molar-refractivity contribution is 6.01. The Morgan fingerprint density at radius 1 is 1.39 bits per heavy atom. The molecule has 1 amide bonds. The maximum atomic E-state index is 11.8. The molecule has 0 saturated carbocycles. The van der Waals surface area contributed by atoms with Crippen molar-refractivity contribution in [3.63, 3.8) is 0 Å². The zero-order valence-corrected chi connectivity index (χ0v) is 11.4. The SMILES string of the molecule is CC1CNCC1NC(=O)C(N)C(=O)OC(C)(C)C. The smallest absolute Gasteiger partial charge is 0.333 e. The van der Waals surface area contributed by atoms with Gasteiger partial charge in [0.2, 0.25) is 5.91 Å². The summed E-state index contributed by atoms with van der Waals surface area (Å²) in [7, 11) is 0. The van der Waals surface area contributed by atoms with Crippen LogP contribution in [0.25, 0.3) is 0 Å². The molecule has 1 aliphatic heterocycles. The first-order valence-electron chi connectivity index (χ1n) is 6.20. The number of hydrogen-bond acceptors (Lipinski definition) is 5. The van der Waals surface area contributed by atoms with Crippen LogP contribution in [-0.2, 0) is 14.3 Å². The molecule has 0 aromatic carbocycles. The third kappa shape index (κ3) is 4.27. The average Bonchev–Trinajstić information content (AvgIpc) is 2.60. The summed E-state index contributed by atoms with van der Waals surface area (Å²) in [6.45, 7) is 8.79. The number of carbonyl (C=O) groups is 2. The Bertz CT molecular complexity index is 325. The highest BCUT2D eigenvalue weighted by Crippen LogP contribution is 2.09. The molecule has 4 N–H and O–H groups in total. The Morgan fingerprint density at radius 3 is 2.44 bits per heavy atom. The first kappa shape index (κ1) is 14.9. The van der Waals surface area contributed by atoms with E-state index >= 15 is 0 Å². The van der Waals surface area contributed by atoms with E-state index in [-0.39, 0.29) is 6.04 Å². The maximum Gasteiger partial charge on any atom is 0.333 e. The van der Waals surface area contributed by atoms with Gasteiger partial charge in [0.25, 0.3) is 0 Å². The van der Waals surface area contributed by atoms with Crippen LogP contribution in [0.1, 0.15) is 27.7 Å². The molecule has 6 heteroatoms. The molecular formula is C12H23N3O3. The van der Waals surface area contributed by atoms with E-state index in [0.29, 0.717) is 12.5 Å². The van der Waals surface area contributed by atoms with Crippen LogP contribution in [0.4, 0.5) is 0 Å². The third-order valence-corrected chi connectivity index (χ3v) is 2.79. The van der Waals surface area contributed by atoms with Crippen LogP contribution in [0.3, 0.4) is 0 Å². The van der Waals surface area contributed by atoms with E-state index in [4.69, 9.17) is 10.5 Å². The average molecular weight is 257 g/mol. The predicted octanol–water partition coefficient (Wildman–Crippen LogP) is -0.620. The second-order valence-electron chi connectivity index (χ2n) is 5.76. The van der Waals surface area contributed by atoms with Crippen LogP contribution in [0.15, 0.2) is 0 Å². The van der Waals surface area contributed by atoms with Gasteiger partial charge >= 0.3 is 5.97 Å². The Labute approximate surface area is 108 Å². The van der Waals surface area contributed by atoms with Crippen LogP contribution in [-0.4, -0.2) is 42.7 Å². The van der Waals surface area contributed by atoms with Crippen molar-refractivity contribution in [2.24, 2.45) is 11.7 Å². The lowest BCUT2D eigenvalue weighted by Gasteiger charge is -2.23. The largest absolute Gasteiger partial charge is 0.458 e. The zero-order valence-electron chi connectivity index (χ0n) is 11.4. The minimum Gasteiger partial charge on any atom is -0.458 e. The van der Waals surface area contributed by atoms with Gasteiger partial charge in [0, 0.05) is 12.6 Å². The van der Waals surface area contributed by atoms with Gasteiger partial charge in [0.05, 0.1) is 0 Å². The molecule has 0 radical (unpaired) electrons. The van der Waals surface area contributed by atoms with Gasteiger partial charge in [-0.15, -0.1) is 0 Å². The van der Waals surface area contributed by atoms with Crippen LogP contribution in [0.5, 0.6) is 0 Å². The van der Waals surface area contributed by atoms with Gasteiger partial charge in [0.1, 0.15) is 5.60 Å². The normalized spacial score (nSPS) is 25.6. The van der Waals surface area contributed by atoms with E-state index in [2.05, 4.69) is 10.6 Å². The lowest BCUT2D eigenvalue weighted by atomic mass is 10.1. The second-order valence-corrected chi connectivity index (χ2v) is 5.76. The van der Waals surface area contributed by atoms with E-state index in [1.165, 1.54) is 0 Å². The van der Waals surface area contributed by atoms with Crippen molar-refractivity contribution in [3.8, 4) is 0 Å². The van der Waals surface area contributed by atoms with Crippen LogP contribution in [0, 0.1) is 5.92 Å². The zero-order chi connectivity index (χ0) is 13.9. The lowest BCUT2D eigenvalue weighted by molar-refractivity contribution is -0.158. The summed E-state index contributed by atoms with van der Waals surface area (Å²) in [6, 6.07) is -1.25. The molecule has 1 saturated heterocycles. The van der Waals surface area contributed by atoms with Crippen LogP contribution < -0.4 is 16.4 Å². The summed E-state index contributed by atoms with van der Waals surface area (Å²) < 4.78 is 5.07. The van der Waals surface area contributed by atoms with Crippen molar-refractivity contribution < 1.29 is 14.3 Å². The van der Waals surface area contributed by atoms with E-state index in [1.807, 2.05) is 6.92 Å². The standard InChI is InChI=1S/C12H23N3O3/c1-7-5-14-6-8(7)15-10(16)9(13)11(17)18-12(2,3)4/h7-9,14H,5-6,13H2,1-4H3,(H,15,16). The Hall–Kier alpha value is -1.14. The fraction of sp³-hybridized carbons (Fsp3) is 0.833. The van der Waals surface area contributed by atoms with Crippen molar-refractivity contribution in [1.29, 1.82) is 0 Å². The molecule has 1 aliphatic rings. The van der Waals surface area contributed by atoms with Gasteiger partial charge in [-0.05, 0) is 33.2 Å². The summed E-state index contributed by atoms with van der Waals surface area (Å²) in [6.07, 6.45) is 0. The van der Waals surface area contributed by atoms with E-state index in [0.717, 1.165) is 6.54 Å². The molecule has 3 unspecified atom stereocenters. The number of carbonyl (C=O) groups excluding carboxylic acids is 2.